The van der Waals surface area contributed by atoms with E-state index in [4.69, 9.17) is 15.2 Å². The first-order valence-electron chi connectivity index (χ1n) is 8.78. The summed E-state index contributed by atoms with van der Waals surface area (Å²) in [5, 5.41) is 22.3. The summed E-state index contributed by atoms with van der Waals surface area (Å²) in [6.45, 7) is 2.85. The van der Waals surface area contributed by atoms with E-state index in [1.165, 1.54) is 0 Å². The number of alkyl halides is 3. The minimum Gasteiger partial charge on any atom is -0.475 e. The summed E-state index contributed by atoms with van der Waals surface area (Å²) in [6, 6.07) is 11.5. The van der Waals surface area contributed by atoms with Gasteiger partial charge in [-0.05, 0) is 31.5 Å². The first-order valence-corrected chi connectivity index (χ1v) is 8.78. The van der Waals surface area contributed by atoms with Crippen molar-refractivity contribution in [1.82, 2.24) is 20.6 Å². The Morgan fingerprint density at radius 3 is 2.60 bits per heavy atom. The van der Waals surface area contributed by atoms with Gasteiger partial charge in [-0.2, -0.15) is 18.4 Å². The van der Waals surface area contributed by atoms with E-state index >= 15 is 0 Å². The number of hydrogen-bond donors (Lipinski definition) is 3. The van der Waals surface area contributed by atoms with Crippen molar-refractivity contribution in [3.05, 3.63) is 47.9 Å². The maximum atomic E-state index is 12.3. The van der Waals surface area contributed by atoms with Gasteiger partial charge in [-0.3, -0.25) is 4.79 Å². The molecule has 0 unspecified atom stereocenters. The van der Waals surface area contributed by atoms with E-state index in [9.17, 15) is 18.0 Å². The summed E-state index contributed by atoms with van der Waals surface area (Å²) < 4.78 is 31.7. The molecule has 1 aliphatic rings. The van der Waals surface area contributed by atoms with Gasteiger partial charge in [-0.15, -0.1) is 0 Å². The first kappa shape index (κ1) is 22.8. The average Bonchev–Trinajstić information content (AvgIpc) is 3.12. The van der Waals surface area contributed by atoms with Crippen molar-refractivity contribution in [2.75, 3.05) is 6.54 Å². The van der Waals surface area contributed by atoms with E-state index in [0.29, 0.717) is 17.3 Å². The number of carbonyl (C=O) groups excluding carboxylic acids is 1. The second-order valence-electron chi connectivity index (χ2n) is 6.48. The molecule has 0 saturated carbocycles. The summed E-state index contributed by atoms with van der Waals surface area (Å²) in [6.07, 6.45) is -2.62. The molecule has 0 radical (unpaired) electrons. The summed E-state index contributed by atoms with van der Waals surface area (Å²) >= 11 is 0. The fourth-order valence-electron chi connectivity index (χ4n) is 2.67. The van der Waals surface area contributed by atoms with Crippen molar-refractivity contribution in [1.29, 1.82) is 5.26 Å². The lowest BCUT2D eigenvalue weighted by molar-refractivity contribution is -0.192. The summed E-state index contributed by atoms with van der Waals surface area (Å²) in [7, 11) is 0. The molecule has 1 fully saturated rings. The number of carboxylic acid groups (broad SMARTS) is 1. The number of carboxylic acids is 1. The predicted molar refractivity (Wildman–Crippen MR) is 99.2 cm³/mol. The van der Waals surface area contributed by atoms with Crippen molar-refractivity contribution in [2.45, 2.75) is 31.6 Å². The van der Waals surface area contributed by atoms with Crippen LogP contribution in [0.2, 0.25) is 0 Å². The van der Waals surface area contributed by atoms with Crippen LogP contribution in [0.1, 0.15) is 29.5 Å². The number of amides is 1. The van der Waals surface area contributed by atoms with Gasteiger partial charge in [-0.1, -0.05) is 12.1 Å². The van der Waals surface area contributed by atoms with Gasteiger partial charge in [0.15, 0.2) is 0 Å². The summed E-state index contributed by atoms with van der Waals surface area (Å²) in [5.74, 6) is -2.89. The van der Waals surface area contributed by atoms with Crippen LogP contribution >= 0.6 is 0 Å². The normalized spacial score (nSPS) is 18.0. The van der Waals surface area contributed by atoms with Crippen LogP contribution < -0.4 is 10.6 Å². The molecule has 0 spiro atoms. The van der Waals surface area contributed by atoms with Gasteiger partial charge in [0.05, 0.1) is 17.3 Å². The van der Waals surface area contributed by atoms with Gasteiger partial charge in [-0.25, -0.2) is 14.8 Å². The van der Waals surface area contributed by atoms with E-state index in [0.717, 1.165) is 18.5 Å². The van der Waals surface area contributed by atoms with Crippen molar-refractivity contribution >= 4 is 11.9 Å². The number of carbonyl (C=O) groups is 2. The zero-order valence-corrected chi connectivity index (χ0v) is 15.8. The molecule has 2 heterocycles. The molecule has 2 aromatic rings. The largest absolute Gasteiger partial charge is 0.490 e. The Bertz CT molecular complexity index is 959. The Labute approximate surface area is 169 Å². The topological polar surface area (TPSA) is 128 Å². The number of halogens is 3. The quantitative estimate of drug-likeness (QED) is 0.693. The minimum absolute atomic E-state index is 0.103. The zero-order chi connectivity index (χ0) is 22.3. The molecule has 8 nitrogen and oxygen atoms in total. The third-order valence-corrected chi connectivity index (χ3v) is 4.07. The molecular weight excluding hydrogens is 403 g/mol. The maximum Gasteiger partial charge on any atom is 0.490 e. The monoisotopic (exact) mass is 421 g/mol. The Balaban J connectivity index is 0.000000396. The number of aromatic nitrogens is 2. The number of aliphatic carboxylic acids is 1. The SMILES string of the molecule is C[C@@H]1C[C@@H](NC(=O)c2nccc(-c3cccc(C#N)c3)n2)CN1.O=C(O)C(F)(F)F. The van der Waals surface area contributed by atoms with E-state index in [1.54, 1.807) is 30.5 Å². The molecule has 3 rings (SSSR count). The van der Waals surface area contributed by atoms with Crippen molar-refractivity contribution in [2.24, 2.45) is 0 Å². The second kappa shape index (κ2) is 9.80. The van der Waals surface area contributed by atoms with Crippen LogP contribution in [0.4, 0.5) is 13.2 Å². The van der Waals surface area contributed by atoms with E-state index in [-0.39, 0.29) is 17.8 Å². The Kier molecular flexibility index (Phi) is 7.43. The third-order valence-electron chi connectivity index (χ3n) is 4.07. The van der Waals surface area contributed by atoms with Crippen LogP contribution in [-0.2, 0) is 4.79 Å². The highest BCUT2D eigenvalue weighted by Gasteiger charge is 2.38. The molecule has 1 aromatic carbocycles. The molecule has 30 heavy (non-hydrogen) atoms. The molecule has 1 amide bonds. The van der Waals surface area contributed by atoms with Gasteiger partial charge < -0.3 is 15.7 Å². The standard InChI is InChI=1S/C17H17N5O.C2HF3O2/c1-11-7-14(10-20-11)21-17(23)16-19-6-5-15(22-16)13-4-2-3-12(8-13)9-18;3-2(4,5)1(6)7/h2-6,8,11,14,20H,7,10H2,1H3,(H,21,23);(H,6,7)/t11-,14-;/m1./s1. The molecule has 1 saturated heterocycles. The molecule has 1 aliphatic heterocycles. The highest BCUT2D eigenvalue weighted by Crippen LogP contribution is 2.18. The number of nitrogens with zero attached hydrogens (tertiary/aromatic N) is 3. The van der Waals surface area contributed by atoms with Crippen LogP contribution in [0.25, 0.3) is 11.3 Å². The number of nitriles is 1. The fraction of sp³-hybridized carbons (Fsp3) is 0.316. The van der Waals surface area contributed by atoms with Crippen LogP contribution in [0, 0.1) is 11.3 Å². The van der Waals surface area contributed by atoms with E-state index in [2.05, 4.69) is 33.6 Å². The average molecular weight is 421 g/mol. The van der Waals surface area contributed by atoms with Crippen LogP contribution in [0.15, 0.2) is 36.5 Å². The molecule has 158 valence electrons. The van der Waals surface area contributed by atoms with Crippen molar-refractivity contribution < 1.29 is 27.9 Å². The number of nitrogens with one attached hydrogen (secondary N) is 2. The molecule has 3 N–H and O–H groups in total. The lowest BCUT2D eigenvalue weighted by Gasteiger charge is -2.11. The third kappa shape index (κ3) is 6.52. The number of hydrogen-bond acceptors (Lipinski definition) is 6. The first-order chi connectivity index (χ1) is 14.1. The van der Waals surface area contributed by atoms with E-state index < -0.39 is 12.1 Å². The molecule has 0 bridgehead atoms. The Hall–Kier alpha value is -3.52. The zero-order valence-electron chi connectivity index (χ0n) is 15.8. The molecule has 1 aromatic heterocycles. The van der Waals surface area contributed by atoms with Gasteiger partial charge >= 0.3 is 12.1 Å². The number of rotatable bonds is 3. The molecule has 11 heteroatoms. The van der Waals surface area contributed by atoms with E-state index in [1.807, 2.05) is 6.07 Å². The number of benzene rings is 1. The highest BCUT2D eigenvalue weighted by atomic mass is 19.4. The van der Waals surface area contributed by atoms with Gasteiger partial charge in [0, 0.05) is 30.4 Å². The Morgan fingerprint density at radius 1 is 1.33 bits per heavy atom. The summed E-state index contributed by atoms with van der Waals surface area (Å²) in [5.41, 5.74) is 1.97. The van der Waals surface area contributed by atoms with Crippen molar-refractivity contribution in [3.63, 3.8) is 0 Å². The predicted octanol–water partition coefficient (Wildman–Crippen LogP) is 2.13. The Morgan fingerprint density at radius 2 is 2.03 bits per heavy atom. The van der Waals surface area contributed by atoms with Gasteiger partial charge in [0.25, 0.3) is 5.91 Å². The van der Waals surface area contributed by atoms with Crippen LogP contribution in [0.5, 0.6) is 0 Å². The maximum absolute atomic E-state index is 12.3. The fourth-order valence-corrected chi connectivity index (χ4v) is 2.67. The lowest BCUT2D eigenvalue weighted by Crippen LogP contribution is -2.37. The summed E-state index contributed by atoms with van der Waals surface area (Å²) in [4.78, 5) is 29.6. The lowest BCUT2D eigenvalue weighted by atomic mass is 10.1. The van der Waals surface area contributed by atoms with Crippen LogP contribution in [0.3, 0.4) is 0 Å². The van der Waals surface area contributed by atoms with Crippen molar-refractivity contribution in [3.8, 4) is 17.3 Å². The molecule has 2 atom stereocenters. The second-order valence-corrected chi connectivity index (χ2v) is 6.48. The highest BCUT2D eigenvalue weighted by molar-refractivity contribution is 5.91. The smallest absolute Gasteiger partial charge is 0.475 e. The molecule has 0 aliphatic carbocycles. The minimum atomic E-state index is -5.08. The van der Waals surface area contributed by atoms with Gasteiger partial charge in [0.1, 0.15) is 0 Å². The van der Waals surface area contributed by atoms with Gasteiger partial charge in [0.2, 0.25) is 5.82 Å². The molecular formula is C19H18F3N5O3. The van der Waals surface area contributed by atoms with Crippen LogP contribution in [-0.4, -0.2) is 51.8 Å².